The normalized spacial score (nSPS) is 11.1. The molecule has 0 unspecified atom stereocenters. The van der Waals surface area contributed by atoms with Crippen LogP contribution in [-0.4, -0.2) is 48.4 Å². The lowest BCUT2D eigenvalue weighted by Gasteiger charge is -2.12. The van der Waals surface area contributed by atoms with E-state index in [1.54, 1.807) is 44.1 Å². The second-order valence-electron chi connectivity index (χ2n) is 6.74. The van der Waals surface area contributed by atoms with Crippen molar-refractivity contribution in [2.24, 2.45) is 0 Å². The summed E-state index contributed by atoms with van der Waals surface area (Å²) in [5.41, 5.74) is 3.62. The first-order chi connectivity index (χ1) is 14.5. The maximum atomic E-state index is 12.1. The number of amides is 1. The van der Waals surface area contributed by atoms with Crippen LogP contribution in [0.1, 0.15) is 23.2 Å². The van der Waals surface area contributed by atoms with Gasteiger partial charge >= 0.3 is 0 Å². The van der Waals surface area contributed by atoms with E-state index in [-0.39, 0.29) is 5.91 Å². The molecule has 0 radical (unpaired) electrons. The van der Waals surface area contributed by atoms with Crippen LogP contribution in [-0.2, 0) is 11.2 Å². The first-order valence-corrected chi connectivity index (χ1v) is 9.61. The second kappa shape index (κ2) is 9.78. The fourth-order valence-corrected chi connectivity index (χ4v) is 3.10. The lowest BCUT2D eigenvalue weighted by atomic mass is 10.1. The number of ether oxygens (including phenoxy) is 3. The molecule has 0 saturated heterocycles. The molecule has 2 aromatic heterocycles. The van der Waals surface area contributed by atoms with Crippen LogP contribution in [0.15, 0.2) is 36.7 Å². The Labute approximate surface area is 175 Å². The average molecular weight is 410 g/mol. The van der Waals surface area contributed by atoms with Gasteiger partial charge in [0.25, 0.3) is 0 Å². The Balaban J connectivity index is 1.52. The lowest BCUT2D eigenvalue weighted by molar-refractivity contribution is -0.116. The van der Waals surface area contributed by atoms with Gasteiger partial charge in [0.1, 0.15) is 0 Å². The maximum absolute atomic E-state index is 12.1. The highest BCUT2D eigenvalue weighted by Gasteiger charge is 2.12. The molecule has 0 atom stereocenters. The van der Waals surface area contributed by atoms with Crippen molar-refractivity contribution in [3.63, 3.8) is 0 Å². The van der Waals surface area contributed by atoms with E-state index in [0.717, 1.165) is 35.3 Å². The summed E-state index contributed by atoms with van der Waals surface area (Å²) in [7, 11) is 4.66. The van der Waals surface area contributed by atoms with E-state index in [0.29, 0.717) is 23.8 Å². The Morgan fingerprint density at radius 1 is 1.13 bits per heavy atom. The van der Waals surface area contributed by atoms with Gasteiger partial charge in [-0.2, -0.15) is 5.10 Å². The SMILES string of the molecule is COc1cc(/C=C/C(=O)NCCCc2cnc3cc(C)nn3c2)cc(OC)c1OC. The highest BCUT2D eigenvalue weighted by atomic mass is 16.5. The van der Waals surface area contributed by atoms with Crippen LogP contribution < -0.4 is 19.5 Å². The fraction of sp³-hybridized carbons (Fsp3) is 0.318. The van der Waals surface area contributed by atoms with Crippen molar-refractivity contribution in [3.8, 4) is 17.2 Å². The van der Waals surface area contributed by atoms with Crippen LogP contribution in [0.25, 0.3) is 11.7 Å². The van der Waals surface area contributed by atoms with E-state index in [2.05, 4.69) is 15.4 Å². The molecule has 0 aliphatic carbocycles. The number of carbonyl (C=O) groups excluding carboxylic acids is 1. The molecule has 0 saturated carbocycles. The first-order valence-electron chi connectivity index (χ1n) is 9.61. The largest absolute Gasteiger partial charge is 0.493 e. The molecule has 2 heterocycles. The van der Waals surface area contributed by atoms with E-state index in [4.69, 9.17) is 14.2 Å². The number of hydrogen-bond donors (Lipinski definition) is 1. The Kier molecular flexibility index (Phi) is 6.90. The van der Waals surface area contributed by atoms with Gasteiger partial charge in [-0.25, -0.2) is 9.50 Å². The van der Waals surface area contributed by atoms with Gasteiger partial charge in [-0.15, -0.1) is 0 Å². The topological polar surface area (TPSA) is 87.0 Å². The molecule has 1 amide bonds. The van der Waals surface area contributed by atoms with Gasteiger partial charge < -0.3 is 19.5 Å². The Morgan fingerprint density at radius 2 is 1.87 bits per heavy atom. The number of benzene rings is 1. The zero-order valence-electron chi connectivity index (χ0n) is 17.6. The lowest BCUT2D eigenvalue weighted by Crippen LogP contribution is -2.22. The van der Waals surface area contributed by atoms with Gasteiger partial charge in [0.15, 0.2) is 17.1 Å². The van der Waals surface area contributed by atoms with E-state index in [1.807, 2.05) is 25.4 Å². The molecule has 3 rings (SSSR count). The van der Waals surface area contributed by atoms with E-state index in [9.17, 15) is 4.79 Å². The highest BCUT2D eigenvalue weighted by molar-refractivity contribution is 5.91. The quantitative estimate of drug-likeness (QED) is 0.431. The van der Waals surface area contributed by atoms with Crippen molar-refractivity contribution in [2.75, 3.05) is 27.9 Å². The molecule has 3 aromatic rings. The molecule has 0 bridgehead atoms. The Morgan fingerprint density at radius 3 is 2.53 bits per heavy atom. The number of nitrogens with one attached hydrogen (secondary N) is 1. The van der Waals surface area contributed by atoms with Crippen molar-refractivity contribution in [1.82, 2.24) is 19.9 Å². The van der Waals surface area contributed by atoms with Crippen LogP contribution in [0.4, 0.5) is 0 Å². The summed E-state index contributed by atoms with van der Waals surface area (Å²) >= 11 is 0. The number of nitrogens with zero attached hydrogens (tertiary/aromatic N) is 3. The molecular formula is C22H26N4O4. The standard InChI is InChI=1S/C22H26N4O4/c1-15-10-20-24-13-17(14-26(20)25-15)6-5-9-23-21(27)8-7-16-11-18(28-2)22(30-4)19(12-16)29-3/h7-8,10-14H,5-6,9H2,1-4H3,(H,23,27)/b8-7+. The summed E-state index contributed by atoms with van der Waals surface area (Å²) in [6.07, 6.45) is 8.62. The molecule has 30 heavy (non-hydrogen) atoms. The molecule has 0 spiro atoms. The average Bonchev–Trinajstić information content (AvgIpc) is 3.13. The predicted octanol–water partition coefficient (Wildman–Crippen LogP) is 2.83. The maximum Gasteiger partial charge on any atom is 0.243 e. The summed E-state index contributed by atoms with van der Waals surface area (Å²) in [6.45, 7) is 2.50. The number of rotatable bonds is 9. The first kappa shape index (κ1) is 21.2. The second-order valence-corrected chi connectivity index (χ2v) is 6.74. The van der Waals surface area contributed by atoms with Crippen LogP contribution in [0.5, 0.6) is 17.2 Å². The number of fused-ring (bicyclic) bond motifs is 1. The zero-order chi connectivity index (χ0) is 21.5. The van der Waals surface area contributed by atoms with Gasteiger partial charge in [0, 0.05) is 31.1 Å². The van der Waals surface area contributed by atoms with Crippen molar-refractivity contribution in [3.05, 3.63) is 53.5 Å². The van der Waals surface area contributed by atoms with Crippen LogP contribution >= 0.6 is 0 Å². The van der Waals surface area contributed by atoms with Crippen molar-refractivity contribution >= 4 is 17.6 Å². The summed E-state index contributed by atoms with van der Waals surface area (Å²) in [5.74, 6) is 1.42. The van der Waals surface area contributed by atoms with Crippen LogP contribution in [0.3, 0.4) is 0 Å². The molecule has 158 valence electrons. The van der Waals surface area contributed by atoms with Gasteiger partial charge in [0.2, 0.25) is 11.7 Å². The summed E-state index contributed by atoms with van der Waals surface area (Å²) in [6, 6.07) is 5.50. The summed E-state index contributed by atoms with van der Waals surface area (Å²) in [5, 5.41) is 7.26. The Bertz CT molecular complexity index is 1030. The third-order valence-corrected chi connectivity index (χ3v) is 4.54. The van der Waals surface area contributed by atoms with E-state index < -0.39 is 0 Å². The van der Waals surface area contributed by atoms with E-state index >= 15 is 0 Å². The van der Waals surface area contributed by atoms with Crippen molar-refractivity contribution in [1.29, 1.82) is 0 Å². The third-order valence-electron chi connectivity index (χ3n) is 4.54. The van der Waals surface area contributed by atoms with Crippen LogP contribution in [0.2, 0.25) is 0 Å². The summed E-state index contributed by atoms with van der Waals surface area (Å²) < 4.78 is 17.7. The smallest absolute Gasteiger partial charge is 0.243 e. The molecular weight excluding hydrogens is 384 g/mol. The molecule has 1 N–H and O–H groups in total. The monoisotopic (exact) mass is 410 g/mol. The van der Waals surface area contributed by atoms with Gasteiger partial charge in [-0.1, -0.05) is 0 Å². The Hall–Kier alpha value is -3.55. The number of aryl methyl sites for hydroxylation is 2. The number of carbonyl (C=O) groups is 1. The fourth-order valence-electron chi connectivity index (χ4n) is 3.10. The molecule has 1 aromatic carbocycles. The van der Waals surface area contributed by atoms with Crippen LogP contribution in [0, 0.1) is 6.92 Å². The number of hydrogen-bond acceptors (Lipinski definition) is 6. The predicted molar refractivity (Wildman–Crippen MR) is 114 cm³/mol. The molecule has 0 fully saturated rings. The molecule has 8 nitrogen and oxygen atoms in total. The van der Waals surface area contributed by atoms with Crippen molar-refractivity contribution in [2.45, 2.75) is 19.8 Å². The minimum atomic E-state index is -0.167. The number of aromatic nitrogens is 3. The molecule has 8 heteroatoms. The van der Waals surface area contributed by atoms with E-state index in [1.165, 1.54) is 6.08 Å². The van der Waals surface area contributed by atoms with Gasteiger partial charge in [-0.05, 0) is 49.1 Å². The molecule has 0 aliphatic heterocycles. The van der Waals surface area contributed by atoms with Gasteiger partial charge in [-0.3, -0.25) is 4.79 Å². The van der Waals surface area contributed by atoms with Crippen molar-refractivity contribution < 1.29 is 19.0 Å². The number of methoxy groups -OCH3 is 3. The molecule has 0 aliphatic rings. The van der Waals surface area contributed by atoms with Gasteiger partial charge in [0.05, 0.1) is 27.0 Å². The minimum absolute atomic E-state index is 0.167. The minimum Gasteiger partial charge on any atom is -0.493 e. The highest BCUT2D eigenvalue weighted by Crippen LogP contribution is 2.38. The third kappa shape index (κ3) is 5.08. The summed E-state index contributed by atoms with van der Waals surface area (Å²) in [4.78, 5) is 16.5. The zero-order valence-corrected chi connectivity index (χ0v) is 17.6.